The fraction of sp³-hybridized carbons (Fsp3) is 0.282. The summed E-state index contributed by atoms with van der Waals surface area (Å²) in [6.07, 6.45) is -1.26. The van der Waals surface area contributed by atoms with Gasteiger partial charge in [-0.1, -0.05) is 121 Å². The van der Waals surface area contributed by atoms with E-state index in [4.69, 9.17) is 14.0 Å². The van der Waals surface area contributed by atoms with Crippen LogP contribution in [0.4, 0.5) is 4.79 Å². The average molecular weight is 730 g/mol. The van der Waals surface area contributed by atoms with E-state index in [-0.39, 0.29) is 26.1 Å². The quantitative estimate of drug-likeness (QED) is 0.0584. The normalized spacial score (nSPS) is 13.7. The van der Waals surface area contributed by atoms with E-state index < -0.39 is 55.9 Å². The summed E-state index contributed by atoms with van der Waals surface area (Å²) < 4.78 is 30.3. The zero-order chi connectivity index (χ0) is 37.2. The molecule has 1 unspecified atom stereocenters. The van der Waals surface area contributed by atoms with Crippen molar-refractivity contribution in [1.29, 1.82) is 0 Å². The Morgan fingerprint density at radius 1 is 0.692 bits per heavy atom. The van der Waals surface area contributed by atoms with Crippen LogP contribution in [0.2, 0.25) is 0 Å². The molecule has 4 atom stereocenters. The molecular formula is C39H44N3O9P. The highest BCUT2D eigenvalue weighted by Crippen LogP contribution is 2.49. The van der Waals surface area contributed by atoms with Gasteiger partial charge in [0, 0.05) is 12.8 Å². The summed E-state index contributed by atoms with van der Waals surface area (Å²) in [5, 5.41) is 7.31. The average Bonchev–Trinajstić information content (AvgIpc) is 3.15. The number of carbonyl (C=O) groups is 4. The molecule has 0 radical (unpaired) electrons. The molecule has 4 aromatic carbocycles. The number of amides is 3. The van der Waals surface area contributed by atoms with Crippen LogP contribution in [-0.2, 0) is 58.8 Å². The van der Waals surface area contributed by atoms with Crippen molar-refractivity contribution in [2.24, 2.45) is 0 Å². The minimum absolute atomic E-state index is 0.0113. The number of carbonyl (C=O) groups excluding carboxylic acids is 4. The van der Waals surface area contributed by atoms with Crippen LogP contribution in [0.5, 0.6) is 0 Å². The van der Waals surface area contributed by atoms with Crippen LogP contribution < -0.4 is 16.0 Å². The summed E-state index contributed by atoms with van der Waals surface area (Å²) in [7, 11) is -4.81. The third kappa shape index (κ3) is 13.8. The van der Waals surface area contributed by atoms with Crippen molar-refractivity contribution in [2.45, 2.75) is 57.1 Å². The lowest BCUT2D eigenvalue weighted by atomic mass is 10.1. The lowest BCUT2D eigenvalue weighted by molar-refractivity contribution is -0.152. The predicted molar refractivity (Wildman–Crippen MR) is 195 cm³/mol. The molecule has 0 fully saturated rings. The van der Waals surface area contributed by atoms with E-state index in [9.17, 15) is 28.6 Å². The molecule has 13 heteroatoms. The fourth-order valence-corrected chi connectivity index (χ4v) is 6.50. The Hall–Kier alpha value is -5.29. The van der Waals surface area contributed by atoms with Crippen molar-refractivity contribution in [1.82, 2.24) is 16.0 Å². The molecular weight excluding hydrogens is 685 g/mol. The third-order valence-electron chi connectivity index (χ3n) is 7.85. The Labute approximate surface area is 303 Å². The topological polar surface area (TPSA) is 169 Å². The number of benzene rings is 4. The summed E-state index contributed by atoms with van der Waals surface area (Å²) in [6.45, 7) is 0.986. The first kappa shape index (κ1) is 39.5. The van der Waals surface area contributed by atoms with Crippen LogP contribution in [0, 0.1) is 0 Å². The summed E-state index contributed by atoms with van der Waals surface area (Å²) >= 11 is 0. The zero-order valence-electron chi connectivity index (χ0n) is 28.9. The van der Waals surface area contributed by atoms with Gasteiger partial charge in [0.15, 0.2) is 6.10 Å². The number of alkyl carbamates (subject to hydrolysis) is 1. The fourth-order valence-electron chi connectivity index (χ4n) is 5.09. The molecule has 274 valence electrons. The third-order valence-corrected chi connectivity index (χ3v) is 9.51. The maximum atomic E-state index is 14.0. The van der Waals surface area contributed by atoms with E-state index in [1.54, 1.807) is 84.9 Å². The number of aryl methyl sites for hydroxylation is 1. The highest BCUT2D eigenvalue weighted by atomic mass is 31.2. The maximum Gasteiger partial charge on any atom is 0.407 e. The molecule has 0 heterocycles. The molecule has 52 heavy (non-hydrogen) atoms. The second-order valence-corrected chi connectivity index (χ2v) is 14.0. The van der Waals surface area contributed by atoms with Crippen molar-refractivity contribution in [2.75, 3.05) is 13.2 Å². The van der Waals surface area contributed by atoms with Crippen molar-refractivity contribution >= 4 is 31.5 Å². The molecule has 3 amide bonds. The van der Waals surface area contributed by atoms with E-state index >= 15 is 0 Å². The van der Waals surface area contributed by atoms with Crippen LogP contribution in [0.15, 0.2) is 121 Å². The van der Waals surface area contributed by atoms with E-state index in [1.165, 1.54) is 6.92 Å². The first-order valence-corrected chi connectivity index (χ1v) is 18.6. The number of rotatable bonds is 19. The van der Waals surface area contributed by atoms with Crippen LogP contribution >= 0.6 is 7.60 Å². The molecule has 0 saturated heterocycles. The highest BCUT2D eigenvalue weighted by molar-refractivity contribution is 7.53. The predicted octanol–water partition coefficient (Wildman–Crippen LogP) is 5.09. The van der Waals surface area contributed by atoms with Crippen molar-refractivity contribution in [3.8, 4) is 0 Å². The van der Waals surface area contributed by atoms with Gasteiger partial charge in [0.05, 0.1) is 6.61 Å². The zero-order valence-corrected chi connectivity index (χ0v) is 29.8. The van der Waals surface area contributed by atoms with Gasteiger partial charge in [0.1, 0.15) is 25.0 Å². The number of hydrogen-bond donors (Lipinski definition) is 4. The smallest absolute Gasteiger partial charge is 0.407 e. The van der Waals surface area contributed by atoms with Crippen molar-refractivity contribution in [3.63, 3.8) is 0 Å². The number of ether oxygens (including phenoxy) is 2. The van der Waals surface area contributed by atoms with E-state index in [0.29, 0.717) is 24.0 Å². The number of esters is 1. The van der Waals surface area contributed by atoms with Gasteiger partial charge in [-0.3, -0.25) is 18.7 Å². The van der Waals surface area contributed by atoms with Gasteiger partial charge in [-0.15, -0.1) is 0 Å². The van der Waals surface area contributed by atoms with Gasteiger partial charge in [0.25, 0.3) is 0 Å². The molecule has 0 aromatic heterocycles. The lowest BCUT2D eigenvalue weighted by Crippen LogP contribution is -2.50. The van der Waals surface area contributed by atoms with Gasteiger partial charge < -0.3 is 30.3 Å². The Bertz CT molecular complexity index is 1760. The number of nitrogens with one attached hydrogen (secondary N) is 3. The molecule has 4 rings (SSSR count). The van der Waals surface area contributed by atoms with Crippen molar-refractivity contribution in [3.05, 3.63) is 144 Å². The molecule has 0 spiro atoms. The van der Waals surface area contributed by atoms with Crippen LogP contribution in [0.25, 0.3) is 0 Å². The Balaban J connectivity index is 1.39. The largest absolute Gasteiger partial charge is 0.464 e. The molecule has 0 bridgehead atoms. The molecule has 4 aromatic rings. The molecule has 12 nitrogen and oxygen atoms in total. The van der Waals surface area contributed by atoms with Gasteiger partial charge in [0.2, 0.25) is 11.8 Å². The van der Waals surface area contributed by atoms with E-state index in [1.807, 2.05) is 36.4 Å². The SMILES string of the molecule is C[C@H](NC(=O)CNC(=O)OCc1ccccc1)C(=O)N[C@@H](Cc1ccccc1)P(=O)(O)O[C@@H](Cc1ccccc1)C(=O)OCCCc1ccccc1. The second kappa shape index (κ2) is 20.5. The van der Waals surface area contributed by atoms with Crippen LogP contribution in [0.3, 0.4) is 0 Å². The van der Waals surface area contributed by atoms with Crippen LogP contribution in [0.1, 0.15) is 35.6 Å². The minimum atomic E-state index is -4.81. The maximum absolute atomic E-state index is 14.0. The highest BCUT2D eigenvalue weighted by Gasteiger charge is 2.40. The first-order valence-electron chi connectivity index (χ1n) is 16.9. The molecule has 0 aliphatic rings. The van der Waals surface area contributed by atoms with Gasteiger partial charge in [-0.25, -0.2) is 9.59 Å². The van der Waals surface area contributed by atoms with E-state index in [2.05, 4.69) is 16.0 Å². The lowest BCUT2D eigenvalue weighted by Gasteiger charge is -2.28. The first-order chi connectivity index (χ1) is 25.1. The Morgan fingerprint density at radius 2 is 1.21 bits per heavy atom. The minimum Gasteiger partial charge on any atom is -0.464 e. The molecule has 4 N–H and O–H groups in total. The molecule has 0 aliphatic heterocycles. The second-order valence-electron chi connectivity index (χ2n) is 12.0. The van der Waals surface area contributed by atoms with Gasteiger partial charge in [-0.2, -0.15) is 0 Å². The summed E-state index contributed by atoms with van der Waals surface area (Å²) in [5.41, 5.74) is 3.14. The Kier molecular flexibility index (Phi) is 15.6. The summed E-state index contributed by atoms with van der Waals surface area (Å²) in [6, 6.07) is 35.1. The monoisotopic (exact) mass is 729 g/mol. The standard InChI is InChI=1S/C39H44N3O9P/c1-29(41-35(43)27-40-39(46)50-28-33-21-12-5-13-22-33)37(44)42-36(26-32-19-10-4-11-20-32)52(47,48)51-34(25-31-17-8-3-9-18-31)38(45)49-24-14-23-30-15-6-2-7-16-30/h2-13,15-22,29,34,36H,14,23-28H2,1H3,(H,40,46)(H,41,43)(H,42,44)(H,47,48)/t29-,34-,36+/m0/s1. The summed E-state index contributed by atoms with van der Waals surface area (Å²) in [4.78, 5) is 62.7. The molecule has 0 saturated carbocycles. The van der Waals surface area contributed by atoms with Gasteiger partial charge >= 0.3 is 19.7 Å². The Morgan fingerprint density at radius 3 is 1.79 bits per heavy atom. The van der Waals surface area contributed by atoms with Gasteiger partial charge in [-0.05, 0) is 42.0 Å². The van der Waals surface area contributed by atoms with Crippen molar-refractivity contribution < 1.29 is 42.6 Å². The summed E-state index contributed by atoms with van der Waals surface area (Å²) in [5.74, 6) is -3.80. The van der Waals surface area contributed by atoms with Crippen LogP contribution in [-0.4, -0.2) is 59.9 Å². The van der Waals surface area contributed by atoms with E-state index in [0.717, 1.165) is 11.1 Å². The molecule has 0 aliphatic carbocycles. The number of hydrogen-bond acceptors (Lipinski definition) is 8.